The van der Waals surface area contributed by atoms with Gasteiger partial charge in [-0.3, -0.25) is 4.90 Å². The smallest absolute Gasteiger partial charge is 0.0698 e. The lowest BCUT2D eigenvalue weighted by molar-refractivity contribution is -0.0535. The molecule has 2 bridgehead atoms. The summed E-state index contributed by atoms with van der Waals surface area (Å²) in [5.41, 5.74) is 1.41. The average Bonchev–Trinajstić information content (AvgIpc) is 2.38. The van der Waals surface area contributed by atoms with Gasteiger partial charge in [0.15, 0.2) is 0 Å². The predicted molar refractivity (Wildman–Crippen MR) is 68.9 cm³/mol. The van der Waals surface area contributed by atoms with E-state index in [2.05, 4.69) is 35.2 Å². The topological polar surface area (TPSA) is 23.5 Å². The molecule has 0 aromatic heterocycles. The lowest BCUT2D eigenvalue weighted by atomic mass is 9.78. The Labute approximate surface area is 103 Å². The van der Waals surface area contributed by atoms with Gasteiger partial charge in [0.05, 0.1) is 6.10 Å². The fraction of sp³-hybridized carbons (Fsp3) is 0.600. The maximum absolute atomic E-state index is 10.0. The van der Waals surface area contributed by atoms with Crippen LogP contribution in [0.5, 0.6) is 0 Å². The molecule has 2 heteroatoms. The van der Waals surface area contributed by atoms with Crippen molar-refractivity contribution < 1.29 is 5.11 Å². The minimum absolute atomic E-state index is 0.0710. The third-order valence-corrected chi connectivity index (χ3v) is 4.38. The Hall–Kier alpha value is -0.860. The summed E-state index contributed by atoms with van der Waals surface area (Å²) in [4.78, 5) is 2.51. The highest BCUT2D eigenvalue weighted by Gasteiger charge is 2.39. The molecular formula is C15H21NO. The molecule has 3 fully saturated rings. The molecule has 1 aromatic rings. The Morgan fingerprint density at radius 3 is 2.71 bits per heavy atom. The molecule has 0 amide bonds. The molecule has 2 saturated heterocycles. The van der Waals surface area contributed by atoms with Crippen LogP contribution in [0, 0.1) is 5.92 Å². The number of rotatable bonds is 3. The van der Waals surface area contributed by atoms with E-state index in [0.717, 1.165) is 25.3 Å². The van der Waals surface area contributed by atoms with Gasteiger partial charge in [0.1, 0.15) is 0 Å². The number of hydrogen-bond donors (Lipinski definition) is 1. The predicted octanol–water partition coefficient (Wildman–Crippen LogP) is 2.07. The summed E-state index contributed by atoms with van der Waals surface area (Å²) in [7, 11) is 0. The van der Waals surface area contributed by atoms with Gasteiger partial charge in [0.2, 0.25) is 0 Å². The second-order valence-corrected chi connectivity index (χ2v) is 5.54. The second kappa shape index (κ2) is 4.79. The van der Waals surface area contributed by atoms with Crippen LogP contribution in [-0.2, 0) is 6.42 Å². The van der Waals surface area contributed by atoms with Crippen LogP contribution in [0.15, 0.2) is 30.3 Å². The van der Waals surface area contributed by atoms with Gasteiger partial charge in [-0.1, -0.05) is 30.3 Å². The van der Waals surface area contributed by atoms with Crippen molar-refractivity contribution in [3.8, 4) is 0 Å². The molecule has 2 heterocycles. The quantitative estimate of drug-likeness (QED) is 0.861. The molecule has 0 radical (unpaired) electrons. The Bertz CT molecular complexity index is 364. The molecule has 1 N–H and O–H groups in total. The molecule has 4 rings (SSSR count). The lowest BCUT2D eigenvalue weighted by Gasteiger charge is -2.48. The zero-order chi connectivity index (χ0) is 11.7. The van der Waals surface area contributed by atoms with Gasteiger partial charge in [0.25, 0.3) is 0 Å². The van der Waals surface area contributed by atoms with Gasteiger partial charge < -0.3 is 5.11 Å². The molecular weight excluding hydrogens is 210 g/mol. The van der Waals surface area contributed by atoms with Crippen LogP contribution >= 0.6 is 0 Å². The summed E-state index contributed by atoms with van der Waals surface area (Å²) in [6.07, 6.45) is 4.59. The van der Waals surface area contributed by atoms with Gasteiger partial charge in [-0.15, -0.1) is 0 Å². The monoisotopic (exact) mass is 231 g/mol. The van der Waals surface area contributed by atoms with Gasteiger partial charge in [-0.05, 0) is 37.2 Å². The Balaban J connectivity index is 1.59. The molecule has 92 valence electrons. The Kier molecular flexibility index (Phi) is 3.17. The van der Waals surface area contributed by atoms with E-state index in [1.54, 1.807) is 0 Å². The van der Waals surface area contributed by atoms with Gasteiger partial charge in [-0.25, -0.2) is 0 Å². The van der Waals surface area contributed by atoms with E-state index in [0.29, 0.717) is 6.04 Å². The first-order chi connectivity index (χ1) is 8.33. The normalized spacial score (nSPS) is 32.9. The van der Waals surface area contributed by atoms with Crippen molar-refractivity contribution in [3.05, 3.63) is 35.9 Å². The zero-order valence-corrected chi connectivity index (χ0v) is 10.3. The molecule has 1 aliphatic carbocycles. The molecule has 1 aromatic carbocycles. The summed E-state index contributed by atoms with van der Waals surface area (Å²) >= 11 is 0. The summed E-state index contributed by atoms with van der Waals surface area (Å²) < 4.78 is 0. The van der Waals surface area contributed by atoms with Gasteiger partial charge in [0, 0.05) is 19.1 Å². The summed E-state index contributed by atoms with van der Waals surface area (Å²) in [6.45, 7) is 2.30. The first-order valence-corrected chi connectivity index (χ1v) is 6.79. The second-order valence-electron chi connectivity index (χ2n) is 5.54. The SMILES string of the molecule is OC1CC2CCC1N(CCc1ccccc1)C2. The molecule has 3 aliphatic rings. The third kappa shape index (κ3) is 2.38. The van der Waals surface area contributed by atoms with Crippen molar-refractivity contribution in [3.63, 3.8) is 0 Å². The van der Waals surface area contributed by atoms with Gasteiger partial charge >= 0.3 is 0 Å². The largest absolute Gasteiger partial charge is 0.391 e. The highest BCUT2D eigenvalue weighted by molar-refractivity contribution is 5.15. The average molecular weight is 231 g/mol. The van der Waals surface area contributed by atoms with Crippen LogP contribution in [0.3, 0.4) is 0 Å². The van der Waals surface area contributed by atoms with Crippen LogP contribution in [0.2, 0.25) is 0 Å². The molecule has 17 heavy (non-hydrogen) atoms. The Morgan fingerprint density at radius 1 is 1.18 bits per heavy atom. The highest BCUT2D eigenvalue weighted by atomic mass is 16.3. The maximum atomic E-state index is 10.0. The molecule has 0 spiro atoms. The van der Waals surface area contributed by atoms with E-state index < -0.39 is 0 Å². The van der Waals surface area contributed by atoms with Crippen LogP contribution in [0.4, 0.5) is 0 Å². The van der Waals surface area contributed by atoms with E-state index in [1.165, 1.54) is 24.9 Å². The van der Waals surface area contributed by atoms with Crippen molar-refractivity contribution in [2.24, 2.45) is 5.92 Å². The van der Waals surface area contributed by atoms with Crippen molar-refractivity contribution >= 4 is 0 Å². The summed E-state index contributed by atoms with van der Waals surface area (Å²) in [6, 6.07) is 11.1. The highest BCUT2D eigenvalue weighted by Crippen LogP contribution is 2.35. The van der Waals surface area contributed by atoms with Gasteiger partial charge in [-0.2, -0.15) is 0 Å². The molecule has 3 unspecified atom stereocenters. The van der Waals surface area contributed by atoms with E-state index >= 15 is 0 Å². The molecule has 3 atom stereocenters. The number of aliphatic hydroxyl groups is 1. The molecule has 1 saturated carbocycles. The van der Waals surface area contributed by atoms with Crippen LogP contribution in [0.25, 0.3) is 0 Å². The minimum atomic E-state index is -0.0710. The van der Waals surface area contributed by atoms with E-state index in [4.69, 9.17) is 0 Å². The van der Waals surface area contributed by atoms with Crippen LogP contribution in [0.1, 0.15) is 24.8 Å². The summed E-state index contributed by atoms with van der Waals surface area (Å²) in [5, 5.41) is 10.0. The zero-order valence-electron chi connectivity index (χ0n) is 10.3. The third-order valence-electron chi connectivity index (χ3n) is 4.38. The van der Waals surface area contributed by atoms with Crippen molar-refractivity contribution in [1.82, 2.24) is 4.90 Å². The first-order valence-electron chi connectivity index (χ1n) is 6.79. The number of aliphatic hydroxyl groups excluding tert-OH is 1. The minimum Gasteiger partial charge on any atom is -0.391 e. The number of hydrogen-bond acceptors (Lipinski definition) is 2. The van der Waals surface area contributed by atoms with Crippen molar-refractivity contribution in [1.29, 1.82) is 0 Å². The van der Waals surface area contributed by atoms with Crippen LogP contribution in [-0.4, -0.2) is 35.2 Å². The number of piperidine rings is 2. The standard InChI is InChI=1S/C15H21NO/c17-15-10-13-6-7-14(15)16(11-13)9-8-12-4-2-1-3-5-12/h1-5,13-15,17H,6-11H2. The number of fused-ring (bicyclic) bond motifs is 3. The van der Waals surface area contributed by atoms with Crippen molar-refractivity contribution in [2.75, 3.05) is 13.1 Å². The number of nitrogens with zero attached hydrogens (tertiary/aromatic N) is 1. The number of benzene rings is 1. The molecule has 2 aliphatic heterocycles. The maximum Gasteiger partial charge on any atom is 0.0698 e. The molecule has 2 nitrogen and oxygen atoms in total. The summed E-state index contributed by atoms with van der Waals surface area (Å²) in [5.74, 6) is 0.741. The fourth-order valence-electron chi connectivity index (χ4n) is 3.45. The fourth-order valence-corrected chi connectivity index (χ4v) is 3.45. The lowest BCUT2D eigenvalue weighted by Crippen LogP contribution is -2.55. The van der Waals surface area contributed by atoms with E-state index in [-0.39, 0.29) is 6.10 Å². The van der Waals surface area contributed by atoms with Crippen molar-refractivity contribution in [2.45, 2.75) is 37.8 Å². The van der Waals surface area contributed by atoms with E-state index in [1.807, 2.05) is 0 Å². The first kappa shape index (κ1) is 11.2. The van der Waals surface area contributed by atoms with Crippen LogP contribution < -0.4 is 0 Å². The Morgan fingerprint density at radius 2 is 2.00 bits per heavy atom. The van der Waals surface area contributed by atoms with E-state index in [9.17, 15) is 5.11 Å².